The van der Waals surface area contributed by atoms with Crippen LogP contribution in [0.5, 0.6) is 0 Å². The van der Waals surface area contributed by atoms with Crippen LogP contribution in [0, 0.1) is 81.6 Å². The largest absolute Gasteiger partial charge is 0.363 e. The van der Waals surface area contributed by atoms with Crippen LogP contribution < -0.4 is 35.8 Å². The molecule has 11 heteroatoms. The van der Waals surface area contributed by atoms with E-state index >= 15 is 0 Å². The van der Waals surface area contributed by atoms with Crippen LogP contribution in [0.2, 0.25) is 0 Å². The van der Waals surface area contributed by atoms with Crippen molar-refractivity contribution in [1.82, 2.24) is 0 Å². The van der Waals surface area contributed by atoms with Gasteiger partial charge in [-0.05, 0) is 202 Å². The summed E-state index contributed by atoms with van der Waals surface area (Å²) in [5.74, 6) is 0. The molecule has 1 fully saturated rings. The molecule has 9 nitrogen and oxygen atoms in total. The second-order valence-electron chi connectivity index (χ2n) is 35.7. The zero-order valence-corrected chi connectivity index (χ0v) is 74.2. The van der Waals surface area contributed by atoms with Crippen molar-refractivity contribution in [1.29, 1.82) is 0 Å². The number of para-hydroxylation sites is 1. The van der Waals surface area contributed by atoms with Gasteiger partial charge in [0.05, 0.1) is 27.5 Å². The van der Waals surface area contributed by atoms with Gasteiger partial charge in [-0.15, -0.1) is 7.91 Å². The highest BCUT2D eigenvalue weighted by atomic mass is 32.1. The maximum atomic E-state index is 6.03. The smallest absolute Gasteiger partial charge is 0.270 e. The molecule has 0 radical (unpaired) electrons. The van der Waals surface area contributed by atoms with E-state index in [1.54, 1.807) is 11.5 Å². The normalized spacial score (nSPS) is 14.0. The number of aromatic nitrogens is 7. The molecule has 1 atom stereocenters. The molecule has 0 saturated carbocycles. The molecule has 17 rings (SSSR count). The fourth-order valence-electron chi connectivity index (χ4n) is 18.2. The lowest BCUT2D eigenvalue weighted by atomic mass is 9.82. The standard InChI is InChI=1S/C27H26N2O.C26H24N2S.C26H39N2.C25H28N2S/c1-17-14-18(2)26(29-16-22-11-7-6-10-21(22)15-19(29)3)20(4)25(17)27-23-12-8-9-13-24(23)30-28(27)5;1-17-13-23(26-22-11-7-8-12-25(22)29-27(26)4)19(3)24(14-17)28-16-21-10-6-5-9-20(21)15-18(28)2;1-18-13-11-12-14-27(18)22-15-21(24(4,5)6)16-23(19(22)2)28-20(3)25(7,8)17-26(28,9)10;1-17-11-9-10-14-27(17)22-16-19(25(3,4)5)15-21(18(22)2)24-20-12-7-8-13-23(20)28-26(24)6/h6-16H,1-5H3;5-16H,1-4H3;11-16,20H,17H2,1-10H3;7-16H,1-6H3/q2*+2;+1;+2/t;;20-;/m..1./s1. The van der Waals surface area contributed by atoms with Gasteiger partial charge >= 0.3 is 0 Å². The van der Waals surface area contributed by atoms with Crippen molar-refractivity contribution in [3.05, 3.63) is 310 Å². The number of nitrogens with zero attached hydrogens (tertiary/aromatic N) is 8. The van der Waals surface area contributed by atoms with Gasteiger partial charge in [0.2, 0.25) is 39.7 Å². The topological polar surface area (TPSA) is 43.5 Å². The van der Waals surface area contributed by atoms with Crippen LogP contribution in [0.4, 0.5) is 5.69 Å². The highest BCUT2D eigenvalue weighted by molar-refractivity contribution is 7.10. The Hall–Kier alpha value is -10.9. The Morgan fingerprint density at radius 2 is 0.852 bits per heavy atom. The zero-order valence-electron chi connectivity index (χ0n) is 72.6. The molecule has 8 heterocycles. The van der Waals surface area contributed by atoms with E-state index in [9.17, 15) is 0 Å². The Bertz CT molecular complexity index is 6450. The van der Waals surface area contributed by atoms with Crippen molar-refractivity contribution in [2.24, 2.45) is 26.6 Å². The number of hydrogen-bond acceptors (Lipinski definition) is 4. The fraction of sp³-hybridized carbons (Fsp3) is 0.298. The first-order valence-corrected chi connectivity index (χ1v) is 42.3. The minimum atomic E-state index is 0.0742. The van der Waals surface area contributed by atoms with Crippen LogP contribution in [0.3, 0.4) is 0 Å². The second kappa shape index (κ2) is 31.4. The summed E-state index contributed by atoms with van der Waals surface area (Å²) in [6.07, 6.45) is 10.1. The Morgan fingerprint density at radius 3 is 1.37 bits per heavy atom. The quantitative estimate of drug-likeness (QED) is 0.142. The molecule has 584 valence electrons. The maximum Gasteiger partial charge on any atom is 0.270 e. The van der Waals surface area contributed by atoms with Crippen molar-refractivity contribution >= 4 is 81.4 Å². The molecule has 1 aliphatic rings. The Balaban J connectivity index is 0.000000127. The summed E-state index contributed by atoms with van der Waals surface area (Å²) < 4.78 is 24.5. The molecular formula is C104H117N8OS2+7. The van der Waals surface area contributed by atoms with Crippen LogP contribution in [0.15, 0.2) is 242 Å². The summed E-state index contributed by atoms with van der Waals surface area (Å²) in [6, 6.07) is 77.1. The number of benzene rings is 9. The molecule has 0 N–H and O–H groups in total. The van der Waals surface area contributed by atoms with Crippen molar-refractivity contribution in [2.45, 2.75) is 181 Å². The van der Waals surface area contributed by atoms with Gasteiger partial charge in [0.25, 0.3) is 5.69 Å². The third kappa shape index (κ3) is 15.6. The van der Waals surface area contributed by atoms with Crippen molar-refractivity contribution in [3.63, 3.8) is 0 Å². The minimum absolute atomic E-state index is 0.0742. The Labute approximate surface area is 691 Å². The molecular weight excluding hydrogens is 1440 g/mol. The lowest BCUT2D eigenvalue weighted by molar-refractivity contribution is -0.832. The van der Waals surface area contributed by atoms with Gasteiger partial charge in [-0.2, -0.15) is 18.3 Å². The number of anilines is 1. The van der Waals surface area contributed by atoms with E-state index in [0.717, 1.165) is 16.7 Å². The maximum absolute atomic E-state index is 6.03. The summed E-state index contributed by atoms with van der Waals surface area (Å²) in [6.45, 7) is 50.2. The van der Waals surface area contributed by atoms with E-state index in [1.807, 2.05) is 35.5 Å². The molecule has 1 saturated heterocycles. The highest BCUT2D eigenvalue weighted by Crippen LogP contribution is 2.50. The van der Waals surface area contributed by atoms with Gasteiger partial charge in [0.1, 0.15) is 37.9 Å². The van der Waals surface area contributed by atoms with Crippen LogP contribution in [0.1, 0.15) is 155 Å². The summed E-state index contributed by atoms with van der Waals surface area (Å²) >= 11 is 3.62. The van der Waals surface area contributed by atoms with Gasteiger partial charge in [0, 0.05) is 138 Å². The second-order valence-corrected chi connectivity index (χ2v) is 38.0. The van der Waals surface area contributed by atoms with Gasteiger partial charge in [0.15, 0.2) is 68.7 Å². The first-order valence-electron chi connectivity index (χ1n) is 40.8. The number of hydrogen-bond donors (Lipinski definition) is 0. The zero-order chi connectivity index (χ0) is 82.2. The molecule has 0 aliphatic carbocycles. The van der Waals surface area contributed by atoms with E-state index < -0.39 is 0 Å². The fourth-order valence-corrected chi connectivity index (χ4v) is 20.1. The van der Waals surface area contributed by atoms with Gasteiger partial charge in [-0.3, -0.25) is 0 Å². The summed E-state index contributed by atoms with van der Waals surface area (Å²) in [5.41, 5.74) is 32.3. The van der Waals surface area contributed by atoms with Gasteiger partial charge < -0.3 is 4.90 Å². The van der Waals surface area contributed by atoms with E-state index in [4.69, 9.17) is 4.52 Å². The van der Waals surface area contributed by atoms with Crippen molar-refractivity contribution in [2.75, 3.05) is 4.90 Å². The Morgan fingerprint density at radius 1 is 0.409 bits per heavy atom. The first kappa shape index (κ1) is 80.7. The lowest BCUT2D eigenvalue weighted by Gasteiger charge is -2.39. The number of fused-ring (bicyclic) bond motifs is 5. The average Bonchev–Trinajstić information content (AvgIpc) is 1.80. The lowest BCUT2D eigenvalue weighted by Crippen LogP contribution is -2.44. The van der Waals surface area contributed by atoms with Crippen molar-refractivity contribution in [3.8, 4) is 56.5 Å². The molecule has 0 unspecified atom stereocenters. The minimum Gasteiger partial charge on any atom is -0.363 e. The van der Waals surface area contributed by atoms with Gasteiger partial charge in [-0.1, -0.05) is 140 Å². The SMILES string of the molecule is Cc1c(-c2c3ccccc3s[n+]2C)cc(C(C)(C)C)cc1-[n+]1ccccc1C.Cc1c(N2[C@H](C)C(C)(C)CC2(C)C)cc(C(C)(C)C)cc1-[n+]1ccccc1C.Cc1cc(-c2c3ccccc3s[n+]2C)c(C)c(-[n+]2cc3ccccc3cc2C)c1.Cc1cc(C)c(-[n+]2cc3ccccc3cc2C)c(C)c1-c1c2ccccc2o[n+]1C. The molecule has 0 spiro atoms. The third-order valence-corrected chi connectivity index (χ3v) is 26.2. The molecule has 115 heavy (non-hydrogen) atoms. The number of pyridine rings is 4. The van der Waals surface area contributed by atoms with E-state index in [2.05, 4.69) is 422 Å². The summed E-state index contributed by atoms with van der Waals surface area (Å²) in [5, 5.41) is 8.82. The van der Waals surface area contributed by atoms with Crippen LogP contribution in [0.25, 0.3) is 109 Å². The molecule has 0 bridgehead atoms. The number of aryl methyl sites for hydroxylation is 10. The predicted octanol–water partition coefficient (Wildman–Crippen LogP) is 23.2. The summed E-state index contributed by atoms with van der Waals surface area (Å²) in [7, 11) is 6.32. The third-order valence-electron chi connectivity index (χ3n) is 24.2. The molecule has 9 aromatic carbocycles. The summed E-state index contributed by atoms with van der Waals surface area (Å²) in [4.78, 5) is 2.69. The van der Waals surface area contributed by atoms with E-state index in [-0.39, 0.29) is 16.4 Å². The molecule has 0 amide bonds. The van der Waals surface area contributed by atoms with Gasteiger partial charge in [-0.25, -0.2) is 4.52 Å². The monoisotopic (exact) mass is 1560 g/mol. The first-order chi connectivity index (χ1) is 54.5. The highest BCUT2D eigenvalue weighted by Gasteiger charge is 2.50. The molecule has 7 aromatic heterocycles. The van der Waals surface area contributed by atoms with Crippen molar-refractivity contribution < 1.29 is 35.4 Å². The number of rotatable bonds is 8. The predicted molar refractivity (Wildman–Crippen MR) is 481 cm³/mol. The van der Waals surface area contributed by atoms with Crippen LogP contribution in [-0.2, 0) is 32.0 Å². The van der Waals surface area contributed by atoms with Crippen LogP contribution in [-0.4, -0.2) is 11.6 Å². The van der Waals surface area contributed by atoms with E-state index in [1.165, 1.54) is 177 Å². The molecule has 16 aromatic rings. The molecule has 1 aliphatic heterocycles. The average molecular weight is 1560 g/mol. The Kier molecular flexibility index (Phi) is 22.0. The van der Waals surface area contributed by atoms with Crippen LogP contribution >= 0.6 is 23.1 Å². The van der Waals surface area contributed by atoms with E-state index in [0.29, 0.717) is 11.5 Å².